The molecular formula is C33H38ClN3O4. The fourth-order valence-electron chi connectivity index (χ4n) is 7.11. The molecule has 3 heterocycles. The van der Waals surface area contributed by atoms with Crippen LogP contribution in [-0.4, -0.2) is 53.0 Å². The lowest BCUT2D eigenvalue weighted by molar-refractivity contribution is -0.141. The Hall–Kier alpha value is -3.16. The van der Waals surface area contributed by atoms with Crippen molar-refractivity contribution in [3.8, 4) is 0 Å². The van der Waals surface area contributed by atoms with Gasteiger partial charge in [0.2, 0.25) is 17.7 Å². The molecule has 2 aromatic rings. The van der Waals surface area contributed by atoms with Gasteiger partial charge in [-0.3, -0.25) is 14.4 Å². The Labute approximate surface area is 246 Å². The molecule has 3 aliphatic heterocycles. The minimum Gasteiger partial charge on any atom is -0.359 e. The van der Waals surface area contributed by atoms with Crippen LogP contribution in [0.15, 0.2) is 60.7 Å². The lowest BCUT2D eigenvalue weighted by atomic mass is 9.74. The van der Waals surface area contributed by atoms with Crippen molar-refractivity contribution >= 4 is 35.0 Å². The zero-order valence-corrected chi connectivity index (χ0v) is 24.4. The first kappa shape index (κ1) is 28.0. The highest BCUT2D eigenvalue weighted by atomic mass is 35.5. The number of nitrogens with one attached hydrogen (secondary N) is 2. The average molecular weight is 576 g/mol. The number of hydrogen-bond acceptors (Lipinski definition) is 4. The van der Waals surface area contributed by atoms with Crippen LogP contribution < -0.4 is 10.6 Å². The molecule has 2 N–H and O–H groups in total. The van der Waals surface area contributed by atoms with E-state index in [1.807, 2.05) is 60.7 Å². The minimum absolute atomic E-state index is 0.0930. The van der Waals surface area contributed by atoms with Crippen LogP contribution >= 0.6 is 11.6 Å². The van der Waals surface area contributed by atoms with Gasteiger partial charge in [-0.2, -0.15) is 0 Å². The molecule has 5 atom stereocenters. The van der Waals surface area contributed by atoms with Crippen molar-refractivity contribution in [1.29, 1.82) is 0 Å². The molecule has 1 aliphatic carbocycles. The number of carbonyl (C=O) groups is 3. The van der Waals surface area contributed by atoms with E-state index in [1.165, 1.54) is 12.0 Å². The van der Waals surface area contributed by atoms with E-state index in [1.54, 1.807) is 4.90 Å². The normalized spacial score (nSPS) is 28.8. The zero-order chi connectivity index (χ0) is 28.7. The molecule has 3 fully saturated rings. The molecule has 2 bridgehead atoms. The Balaban J connectivity index is 1.27. The van der Waals surface area contributed by atoms with E-state index in [-0.39, 0.29) is 23.8 Å². The van der Waals surface area contributed by atoms with Gasteiger partial charge in [-0.15, -0.1) is 0 Å². The topological polar surface area (TPSA) is 87.7 Å². The van der Waals surface area contributed by atoms with Crippen molar-refractivity contribution in [2.45, 2.75) is 82.1 Å². The molecule has 0 aromatic heterocycles. The number of anilines is 1. The van der Waals surface area contributed by atoms with Gasteiger partial charge in [-0.1, -0.05) is 81.1 Å². The second kappa shape index (κ2) is 11.3. The molecule has 7 nitrogen and oxygen atoms in total. The largest absolute Gasteiger partial charge is 0.359 e. The average Bonchev–Trinajstić information content (AvgIpc) is 3.61. The highest BCUT2D eigenvalue weighted by molar-refractivity contribution is 6.30. The quantitative estimate of drug-likeness (QED) is 0.421. The summed E-state index contributed by atoms with van der Waals surface area (Å²) < 4.78 is 6.48. The van der Waals surface area contributed by atoms with Crippen molar-refractivity contribution < 1.29 is 19.1 Å². The maximum absolute atomic E-state index is 14.2. The molecular weight excluding hydrogens is 538 g/mol. The molecule has 0 unspecified atom stereocenters. The Kier molecular flexibility index (Phi) is 7.68. The fourth-order valence-corrected chi connectivity index (χ4v) is 7.24. The van der Waals surface area contributed by atoms with Crippen LogP contribution in [0.2, 0.25) is 5.02 Å². The van der Waals surface area contributed by atoms with Crippen molar-refractivity contribution in [3.63, 3.8) is 0 Å². The monoisotopic (exact) mass is 575 g/mol. The number of hydrogen-bond donors (Lipinski definition) is 2. The summed E-state index contributed by atoms with van der Waals surface area (Å²) in [7, 11) is 0. The molecule has 2 saturated heterocycles. The van der Waals surface area contributed by atoms with Gasteiger partial charge in [-0.05, 0) is 60.6 Å². The van der Waals surface area contributed by atoms with E-state index in [9.17, 15) is 14.4 Å². The van der Waals surface area contributed by atoms with Crippen LogP contribution in [0.1, 0.15) is 63.0 Å². The van der Waals surface area contributed by atoms with Gasteiger partial charge >= 0.3 is 0 Å². The molecule has 1 saturated carbocycles. The van der Waals surface area contributed by atoms with Gasteiger partial charge in [0.25, 0.3) is 0 Å². The van der Waals surface area contributed by atoms with E-state index < -0.39 is 29.6 Å². The minimum atomic E-state index is -1.16. The van der Waals surface area contributed by atoms with Crippen LogP contribution in [-0.2, 0) is 25.5 Å². The highest BCUT2D eigenvalue weighted by Crippen LogP contribution is 2.55. The third-order valence-electron chi connectivity index (χ3n) is 9.28. The van der Waals surface area contributed by atoms with Gasteiger partial charge in [0.15, 0.2) is 0 Å². The molecule has 1 spiro atoms. The van der Waals surface area contributed by atoms with E-state index in [0.29, 0.717) is 29.6 Å². The molecule has 2 aromatic carbocycles. The molecule has 4 aliphatic rings. The highest BCUT2D eigenvalue weighted by Gasteiger charge is 2.72. The van der Waals surface area contributed by atoms with Gasteiger partial charge in [0.05, 0.1) is 17.9 Å². The van der Waals surface area contributed by atoms with E-state index in [2.05, 4.69) is 24.5 Å². The number of ether oxygens (including phenoxy) is 1. The molecule has 41 heavy (non-hydrogen) atoms. The van der Waals surface area contributed by atoms with E-state index >= 15 is 0 Å². The third-order valence-corrected chi connectivity index (χ3v) is 9.53. The standard InChI is InChI=1S/C33H38ClN3O4/c1-20(2)22-10-14-25(15-11-22)35-30(38)27-26-16-18-33(41-26)28(27)32(40)37(19-17-21-8-12-23(34)13-9-21)29(33)31(39)36-24-6-4-3-5-7-24/h8-16,18,20,24,26-29H,3-7,17,19H2,1-2H3,(H,35,38)(H,36,39)/t26-,27-,28-,29+,33-/m1/s1. The first-order valence-corrected chi connectivity index (χ1v) is 15.3. The maximum atomic E-state index is 14.2. The Morgan fingerprint density at radius 2 is 1.73 bits per heavy atom. The zero-order valence-electron chi connectivity index (χ0n) is 23.6. The molecule has 8 heteroatoms. The Morgan fingerprint density at radius 3 is 2.41 bits per heavy atom. The lowest BCUT2D eigenvalue weighted by Crippen LogP contribution is -2.56. The summed E-state index contributed by atoms with van der Waals surface area (Å²) in [5.41, 5.74) is 1.71. The van der Waals surface area contributed by atoms with Crippen molar-refractivity contribution in [2.24, 2.45) is 11.8 Å². The second-order valence-electron chi connectivity index (χ2n) is 12.2. The number of halogens is 1. The molecule has 6 rings (SSSR count). The summed E-state index contributed by atoms with van der Waals surface area (Å²) in [5, 5.41) is 6.90. The van der Waals surface area contributed by atoms with Gasteiger partial charge in [0.1, 0.15) is 11.6 Å². The van der Waals surface area contributed by atoms with Crippen LogP contribution in [0.3, 0.4) is 0 Å². The Morgan fingerprint density at radius 1 is 1.02 bits per heavy atom. The first-order chi connectivity index (χ1) is 19.8. The number of rotatable bonds is 8. The second-order valence-corrected chi connectivity index (χ2v) is 12.7. The van der Waals surface area contributed by atoms with E-state index in [0.717, 1.165) is 31.2 Å². The molecule has 3 amide bonds. The summed E-state index contributed by atoms with van der Waals surface area (Å²) >= 11 is 6.07. The van der Waals surface area contributed by atoms with Gasteiger partial charge < -0.3 is 20.3 Å². The van der Waals surface area contributed by atoms with Crippen LogP contribution in [0.25, 0.3) is 0 Å². The third kappa shape index (κ3) is 5.19. The number of nitrogens with zero attached hydrogens (tertiary/aromatic N) is 1. The summed E-state index contributed by atoms with van der Waals surface area (Å²) in [6.07, 6.45) is 8.96. The number of likely N-dealkylation sites (tertiary alicyclic amines) is 1. The number of amides is 3. The smallest absolute Gasteiger partial charge is 0.246 e. The SMILES string of the molecule is CC(C)c1ccc(NC(=O)[C@@H]2[C@H]3C=C[C@]4(O3)[C@H](C(=O)NC3CCCCC3)N(CCc3ccc(Cl)cc3)C(=O)[C@@H]24)cc1. The van der Waals surface area contributed by atoms with E-state index in [4.69, 9.17) is 16.3 Å². The predicted molar refractivity (Wildman–Crippen MR) is 159 cm³/mol. The predicted octanol–water partition coefficient (Wildman–Crippen LogP) is 5.24. The number of fused-ring (bicyclic) bond motifs is 1. The summed E-state index contributed by atoms with van der Waals surface area (Å²) in [4.78, 5) is 43.5. The first-order valence-electron chi connectivity index (χ1n) is 14.9. The maximum Gasteiger partial charge on any atom is 0.246 e. The number of carbonyl (C=O) groups excluding carboxylic acids is 3. The van der Waals surface area contributed by atoms with Crippen molar-refractivity contribution in [2.75, 3.05) is 11.9 Å². The van der Waals surface area contributed by atoms with Crippen molar-refractivity contribution in [3.05, 3.63) is 76.8 Å². The molecule has 0 radical (unpaired) electrons. The number of benzene rings is 2. The summed E-state index contributed by atoms with van der Waals surface area (Å²) in [6, 6.07) is 14.6. The Bertz CT molecular complexity index is 1340. The fraction of sp³-hybridized carbons (Fsp3) is 0.485. The van der Waals surface area contributed by atoms with Crippen LogP contribution in [0.5, 0.6) is 0 Å². The van der Waals surface area contributed by atoms with Crippen molar-refractivity contribution in [1.82, 2.24) is 10.2 Å². The lowest BCUT2D eigenvalue weighted by Gasteiger charge is -2.34. The molecule has 216 valence electrons. The van der Waals surface area contributed by atoms with Gasteiger partial charge in [-0.25, -0.2) is 0 Å². The summed E-state index contributed by atoms with van der Waals surface area (Å²) in [6.45, 7) is 4.59. The summed E-state index contributed by atoms with van der Waals surface area (Å²) in [5.74, 6) is -1.76. The van der Waals surface area contributed by atoms with Crippen LogP contribution in [0.4, 0.5) is 5.69 Å². The van der Waals surface area contributed by atoms with Gasteiger partial charge in [0, 0.05) is 23.3 Å². The van der Waals surface area contributed by atoms with Crippen LogP contribution in [0, 0.1) is 11.8 Å².